The molecular formula is C14H20ClNO3S. The van der Waals surface area contributed by atoms with Crippen LogP contribution in [-0.4, -0.2) is 39.6 Å². The van der Waals surface area contributed by atoms with Gasteiger partial charge in [0, 0.05) is 16.7 Å². The topological polar surface area (TPSA) is 46.6 Å². The van der Waals surface area contributed by atoms with Crippen LogP contribution in [0.4, 0.5) is 0 Å². The molecule has 2 rings (SSSR count). The van der Waals surface area contributed by atoms with Crippen molar-refractivity contribution in [2.24, 2.45) is 0 Å². The van der Waals surface area contributed by atoms with Crippen LogP contribution in [0.25, 0.3) is 0 Å². The molecule has 1 aromatic carbocycles. The summed E-state index contributed by atoms with van der Waals surface area (Å²) in [7, 11) is 3.76. The Morgan fingerprint density at radius 3 is 2.60 bits per heavy atom. The molecule has 20 heavy (non-hydrogen) atoms. The van der Waals surface area contributed by atoms with Crippen molar-refractivity contribution >= 4 is 19.7 Å². The Labute approximate surface area is 125 Å². The summed E-state index contributed by atoms with van der Waals surface area (Å²) in [4.78, 5) is 2.48. The number of hydrogen-bond acceptors (Lipinski definition) is 4. The van der Waals surface area contributed by atoms with E-state index in [2.05, 4.69) is 11.9 Å². The highest BCUT2D eigenvalue weighted by molar-refractivity contribution is 8.13. The van der Waals surface area contributed by atoms with Gasteiger partial charge < -0.3 is 9.64 Å². The third-order valence-electron chi connectivity index (χ3n) is 3.75. The summed E-state index contributed by atoms with van der Waals surface area (Å²) in [6, 6.07) is 6.79. The highest BCUT2D eigenvalue weighted by Gasteiger charge is 2.18. The Kier molecular flexibility index (Phi) is 5.29. The number of rotatable bonds is 5. The maximum atomic E-state index is 11.1. The Bertz CT molecular complexity index is 530. The maximum Gasteiger partial charge on any atom is 0.261 e. The molecule has 1 saturated heterocycles. The normalized spacial score (nSPS) is 20.8. The molecule has 1 fully saturated rings. The van der Waals surface area contributed by atoms with Gasteiger partial charge in [-0.1, -0.05) is 6.42 Å². The Balaban J connectivity index is 1.82. The van der Waals surface area contributed by atoms with E-state index in [1.54, 1.807) is 12.1 Å². The van der Waals surface area contributed by atoms with Crippen LogP contribution < -0.4 is 4.74 Å². The van der Waals surface area contributed by atoms with Gasteiger partial charge in [-0.25, -0.2) is 8.42 Å². The fourth-order valence-corrected chi connectivity index (χ4v) is 3.29. The molecule has 0 spiro atoms. The zero-order valence-corrected chi connectivity index (χ0v) is 13.2. The Morgan fingerprint density at radius 1 is 1.30 bits per heavy atom. The van der Waals surface area contributed by atoms with Crippen LogP contribution >= 0.6 is 10.7 Å². The highest BCUT2D eigenvalue weighted by atomic mass is 35.7. The average molecular weight is 318 g/mol. The standard InChI is InChI=1S/C14H20ClNO3S/c1-16-10-3-2-4-12(16)9-11-19-13-5-7-14(8-6-13)20(15,17)18/h5-8,12H,2-4,9-11H2,1H3. The third-order valence-corrected chi connectivity index (χ3v) is 5.12. The van der Waals surface area contributed by atoms with E-state index in [1.165, 1.54) is 31.4 Å². The monoisotopic (exact) mass is 317 g/mol. The van der Waals surface area contributed by atoms with Crippen LogP contribution in [-0.2, 0) is 9.05 Å². The fourth-order valence-electron chi connectivity index (χ4n) is 2.52. The molecule has 0 amide bonds. The lowest BCUT2D eigenvalue weighted by atomic mass is 10.0. The molecule has 1 aliphatic rings. The van der Waals surface area contributed by atoms with E-state index in [-0.39, 0.29) is 4.90 Å². The van der Waals surface area contributed by atoms with Gasteiger partial charge in [0.2, 0.25) is 0 Å². The van der Waals surface area contributed by atoms with Crippen molar-refractivity contribution < 1.29 is 13.2 Å². The van der Waals surface area contributed by atoms with Gasteiger partial charge in [-0.15, -0.1) is 0 Å². The molecular weight excluding hydrogens is 298 g/mol. The quantitative estimate of drug-likeness (QED) is 0.783. The summed E-state index contributed by atoms with van der Waals surface area (Å²) < 4.78 is 27.9. The second kappa shape index (κ2) is 6.78. The molecule has 1 heterocycles. The molecule has 4 nitrogen and oxygen atoms in total. The van der Waals surface area contributed by atoms with Gasteiger partial charge in [-0.05, 0) is 57.1 Å². The zero-order chi connectivity index (χ0) is 14.6. The Hall–Kier alpha value is -0.780. The SMILES string of the molecule is CN1CCCCC1CCOc1ccc(S(=O)(=O)Cl)cc1. The van der Waals surface area contributed by atoms with Gasteiger partial charge in [0.25, 0.3) is 9.05 Å². The average Bonchev–Trinajstić information content (AvgIpc) is 2.40. The molecule has 0 N–H and O–H groups in total. The molecule has 1 aromatic rings. The minimum atomic E-state index is -3.65. The second-order valence-electron chi connectivity index (χ2n) is 5.18. The molecule has 0 aromatic heterocycles. The second-order valence-corrected chi connectivity index (χ2v) is 7.74. The predicted molar refractivity (Wildman–Crippen MR) is 79.9 cm³/mol. The Morgan fingerprint density at radius 2 is 2.00 bits per heavy atom. The van der Waals surface area contributed by atoms with Crippen LogP contribution in [0.3, 0.4) is 0 Å². The number of halogens is 1. The predicted octanol–water partition coefficient (Wildman–Crippen LogP) is 2.87. The first-order chi connectivity index (χ1) is 9.47. The summed E-state index contributed by atoms with van der Waals surface area (Å²) in [6.07, 6.45) is 4.79. The van der Waals surface area contributed by atoms with E-state index in [0.29, 0.717) is 18.4 Å². The molecule has 1 unspecified atom stereocenters. The van der Waals surface area contributed by atoms with Gasteiger partial charge in [0.1, 0.15) is 5.75 Å². The van der Waals surface area contributed by atoms with E-state index in [0.717, 1.165) is 13.0 Å². The zero-order valence-electron chi connectivity index (χ0n) is 11.6. The first-order valence-electron chi connectivity index (χ1n) is 6.84. The van der Waals surface area contributed by atoms with Crippen molar-refractivity contribution in [3.8, 4) is 5.75 Å². The van der Waals surface area contributed by atoms with Crippen molar-refractivity contribution in [3.05, 3.63) is 24.3 Å². The lowest BCUT2D eigenvalue weighted by molar-refractivity contribution is 0.153. The van der Waals surface area contributed by atoms with E-state index in [9.17, 15) is 8.42 Å². The largest absolute Gasteiger partial charge is 0.494 e. The lowest BCUT2D eigenvalue weighted by Crippen LogP contribution is -2.37. The minimum absolute atomic E-state index is 0.0959. The van der Waals surface area contributed by atoms with E-state index in [4.69, 9.17) is 15.4 Å². The summed E-state index contributed by atoms with van der Waals surface area (Å²) in [5.74, 6) is 0.674. The van der Waals surface area contributed by atoms with Crippen LogP contribution in [0.15, 0.2) is 29.2 Å². The van der Waals surface area contributed by atoms with Crippen LogP contribution in [0.2, 0.25) is 0 Å². The van der Waals surface area contributed by atoms with Crippen molar-refractivity contribution in [2.45, 2.75) is 36.6 Å². The van der Waals surface area contributed by atoms with E-state index < -0.39 is 9.05 Å². The highest BCUT2D eigenvalue weighted by Crippen LogP contribution is 2.21. The van der Waals surface area contributed by atoms with Gasteiger partial charge in [0.15, 0.2) is 0 Å². The molecule has 0 bridgehead atoms. The number of benzene rings is 1. The van der Waals surface area contributed by atoms with Gasteiger partial charge in [-0.2, -0.15) is 0 Å². The van der Waals surface area contributed by atoms with E-state index >= 15 is 0 Å². The summed E-state index contributed by atoms with van der Waals surface area (Å²) in [5.41, 5.74) is 0. The van der Waals surface area contributed by atoms with Crippen molar-refractivity contribution in [3.63, 3.8) is 0 Å². The van der Waals surface area contributed by atoms with Crippen LogP contribution in [0.1, 0.15) is 25.7 Å². The summed E-state index contributed by atoms with van der Waals surface area (Å²) >= 11 is 0. The molecule has 0 radical (unpaired) electrons. The molecule has 6 heteroatoms. The summed E-state index contributed by atoms with van der Waals surface area (Å²) in [5, 5.41) is 0. The number of likely N-dealkylation sites (tertiary alicyclic amines) is 1. The van der Waals surface area contributed by atoms with Gasteiger partial charge in [-0.3, -0.25) is 0 Å². The molecule has 112 valence electrons. The molecule has 0 aliphatic carbocycles. The van der Waals surface area contributed by atoms with Gasteiger partial charge >= 0.3 is 0 Å². The molecule has 1 aliphatic heterocycles. The van der Waals surface area contributed by atoms with E-state index in [1.807, 2.05) is 0 Å². The number of ether oxygens (including phenoxy) is 1. The van der Waals surface area contributed by atoms with Gasteiger partial charge in [0.05, 0.1) is 11.5 Å². The first kappa shape index (κ1) is 15.6. The van der Waals surface area contributed by atoms with Crippen molar-refractivity contribution in [2.75, 3.05) is 20.2 Å². The number of hydrogen-bond donors (Lipinski definition) is 0. The maximum absolute atomic E-state index is 11.1. The number of nitrogens with zero attached hydrogens (tertiary/aromatic N) is 1. The minimum Gasteiger partial charge on any atom is -0.494 e. The van der Waals surface area contributed by atoms with Crippen LogP contribution in [0, 0.1) is 0 Å². The molecule has 1 atom stereocenters. The van der Waals surface area contributed by atoms with Crippen LogP contribution in [0.5, 0.6) is 5.75 Å². The number of piperidine rings is 1. The summed E-state index contributed by atoms with van der Waals surface area (Å²) in [6.45, 7) is 1.80. The third kappa shape index (κ3) is 4.36. The lowest BCUT2D eigenvalue weighted by Gasteiger charge is -2.32. The smallest absolute Gasteiger partial charge is 0.261 e. The molecule has 0 saturated carbocycles. The fraction of sp³-hybridized carbons (Fsp3) is 0.571. The van der Waals surface area contributed by atoms with Crippen molar-refractivity contribution in [1.29, 1.82) is 0 Å². The first-order valence-corrected chi connectivity index (χ1v) is 9.15. The van der Waals surface area contributed by atoms with Crippen molar-refractivity contribution in [1.82, 2.24) is 4.90 Å².